The Labute approximate surface area is 187 Å². The van der Waals surface area contributed by atoms with Gasteiger partial charge in [0.05, 0.1) is 28.7 Å². The highest BCUT2D eigenvalue weighted by atomic mass is 35.5. The Balaban J connectivity index is 1.94. The van der Waals surface area contributed by atoms with Crippen molar-refractivity contribution in [3.8, 4) is 5.75 Å². The Hall–Kier alpha value is -1.76. The molecule has 0 N–H and O–H groups in total. The molecule has 1 unspecified atom stereocenters. The van der Waals surface area contributed by atoms with Crippen LogP contribution in [0.4, 0.5) is 0 Å². The molecule has 8 heteroatoms. The van der Waals surface area contributed by atoms with Gasteiger partial charge in [-0.3, -0.25) is 4.79 Å². The first-order valence-corrected chi connectivity index (χ1v) is 12.3. The Morgan fingerprint density at radius 3 is 2.23 bits per heavy atom. The van der Waals surface area contributed by atoms with Gasteiger partial charge < -0.3 is 9.64 Å². The summed E-state index contributed by atoms with van der Waals surface area (Å²) < 4.78 is 29.3. The van der Waals surface area contributed by atoms with Gasteiger partial charge in [-0.1, -0.05) is 61.3 Å². The van der Waals surface area contributed by atoms with E-state index in [0.29, 0.717) is 30.2 Å². The average Bonchev–Trinajstić information content (AvgIpc) is 3.05. The van der Waals surface area contributed by atoms with Gasteiger partial charge in [0.15, 0.2) is 15.6 Å². The third kappa shape index (κ3) is 5.10. The molecule has 1 heterocycles. The van der Waals surface area contributed by atoms with Crippen LogP contribution in [0.1, 0.15) is 47.7 Å². The van der Waals surface area contributed by atoms with Crippen molar-refractivity contribution in [2.75, 3.05) is 18.6 Å². The van der Waals surface area contributed by atoms with E-state index < -0.39 is 15.9 Å². The quantitative estimate of drug-likeness (QED) is 0.599. The molecule has 1 amide bonds. The molecular formula is C22H25Cl2NO4S. The Bertz CT molecular complexity index is 1010. The maximum atomic E-state index is 13.4. The Morgan fingerprint density at radius 2 is 1.77 bits per heavy atom. The number of nitrogens with zero attached hydrogens (tertiary/aromatic N) is 1. The Kier molecular flexibility index (Phi) is 7.00. The molecule has 162 valence electrons. The summed E-state index contributed by atoms with van der Waals surface area (Å²) in [6.45, 7) is 4.54. The molecule has 0 radical (unpaired) electrons. The summed E-state index contributed by atoms with van der Waals surface area (Å²) in [6, 6.07) is 10.6. The smallest absolute Gasteiger partial charge is 0.254 e. The number of carbonyl (C=O) groups is 1. The minimum atomic E-state index is -3.16. The van der Waals surface area contributed by atoms with Crippen molar-refractivity contribution >= 4 is 38.9 Å². The van der Waals surface area contributed by atoms with Crippen LogP contribution in [0, 0.1) is 0 Å². The maximum absolute atomic E-state index is 13.4. The molecule has 2 aromatic carbocycles. The van der Waals surface area contributed by atoms with E-state index in [2.05, 4.69) is 13.8 Å². The molecule has 0 aliphatic carbocycles. The van der Waals surface area contributed by atoms with Gasteiger partial charge in [-0.15, -0.1) is 0 Å². The number of hydrogen-bond donors (Lipinski definition) is 0. The number of rotatable bonds is 6. The van der Waals surface area contributed by atoms with Gasteiger partial charge in [0, 0.05) is 18.2 Å². The van der Waals surface area contributed by atoms with Crippen molar-refractivity contribution in [2.45, 2.75) is 38.8 Å². The van der Waals surface area contributed by atoms with Crippen molar-refractivity contribution < 1.29 is 17.9 Å². The number of ether oxygens (including phenoxy) is 1. The molecular weight excluding hydrogens is 445 g/mol. The van der Waals surface area contributed by atoms with Crippen LogP contribution in [0.2, 0.25) is 10.0 Å². The van der Waals surface area contributed by atoms with Crippen LogP contribution < -0.4 is 4.74 Å². The summed E-state index contributed by atoms with van der Waals surface area (Å²) >= 11 is 12.4. The number of hydrogen-bond acceptors (Lipinski definition) is 4. The van der Waals surface area contributed by atoms with Crippen molar-refractivity contribution in [2.24, 2.45) is 0 Å². The molecule has 0 spiro atoms. The summed E-state index contributed by atoms with van der Waals surface area (Å²) in [5.41, 5.74) is 2.44. The van der Waals surface area contributed by atoms with E-state index in [9.17, 15) is 13.2 Å². The first kappa shape index (κ1) is 22.9. The van der Waals surface area contributed by atoms with Gasteiger partial charge >= 0.3 is 0 Å². The molecule has 1 aliphatic heterocycles. The standard InChI is InChI=1S/C22H25Cl2NO4S/c1-14(2)16-6-4-15(5-7-16)12-25(18-8-9-30(27,28)13-18)22(26)17-10-19(23)21(29-3)20(24)11-17/h4-7,10-11,14,18H,8-9,12-13H2,1-3H3. The third-order valence-corrected chi connectivity index (χ3v) is 7.67. The molecule has 0 bridgehead atoms. The van der Waals surface area contributed by atoms with Crippen LogP contribution >= 0.6 is 23.2 Å². The summed E-state index contributed by atoms with van der Waals surface area (Å²) in [5.74, 6) is 0.434. The molecule has 1 fully saturated rings. The first-order valence-electron chi connectivity index (χ1n) is 9.74. The summed E-state index contributed by atoms with van der Waals surface area (Å²) in [7, 11) is -1.71. The lowest BCUT2D eigenvalue weighted by molar-refractivity contribution is 0.0681. The van der Waals surface area contributed by atoms with E-state index in [4.69, 9.17) is 27.9 Å². The number of benzene rings is 2. The van der Waals surface area contributed by atoms with Crippen LogP contribution in [-0.2, 0) is 16.4 Å². The summed E-state index contributed by atoms with van der Waals surface area (Å²) in [6.07, 6.45) is 0.412. The van der Waals surface area contributed by atoms with Gasteiger partial charge in [-0.2, -0.15) is 0 Å². The van der Waals surface area contributed by atoms with Gasteiger partial charge in [0.25, 0.3) is 5.91 Å². The van der Waals surface area contributed by atoms with Crippen LogP contribution in [0.3, 0.4) is 0 Å². The number of sulfone groups is 1. The average molecular weight is 470 g/mol. The van der Waals surface area contributed by atoms with Crippen LogP contribution in [0.15, 0.2) is 36.4 Å². The molecule has 1 atom stereocenters. The van der Waals surface area contributed by atoms with E-state index in [0.717, 1.165) is 5.56 Å². The minimum absolute atomic E-state index is 0.0412. The fraction of sp³-hybridized carbons (Fsp3) is 0.409. The number of amides is 1. The second kappa shape index (κ2) is 9.16. The predicted molar refractivity (Wildman–Crippen MR) is 120 cm³/mol. The first-order chi connectivity index (χ1) is 14.1. The third-order valence-electron chi connectivity index (χ3n) is 5.36. The largest absolute Gasteiger partial charge is 0.494 e. The highest BCUT2D eigenvalue weighted by Crippen LogP contribution is 2.35. The predicted octanol–water partition coefficient (Wildman–Crippen LogP) is 4.95. The molecule has 1 saturated heterocycles. The molecule has 30 heavy (non-hydrogen) atoms. The fourth-order valence-corrected chi connectivity index (χ4v) is 6.01. The second-order valence-electron chi connectivity index (χ2n) is 7.86. The minimum Gasteiger partial charge on any atom is -0.494 e. The lowest BCUT2D eigenvalue weighted by Gasteiger charge is -2.29. The molecule has 0 saturated carbocycles. The van der Waals surface area contributed by atoms with E-state index in [1.807, 2.05) is 24.3 Å². The van der Waals surface area contributed by atoms with E-state index >= 15 is 0 Å². The van der Waals surface area contributed by atoms with Crippen LogP contribution in [0.25, 0.3) is 0 Å². The lowest BCUT2D eigenvalue weighted by atomic mass is 10.0. The van der Waals surface area contributed by atoms with Gasteiger partial charge in [-0.25, -0.2) is 8.42 Å². The van der Waals surface area contributed by atoms with E-state index in [-0.39, 0.29) is 27.5 Å². The van der Waals surface area contributed by atoms with Crippen molar-refractivity contribution in [3.63, 3.8) is 0 Å². The lowest BCUT2D eigenvalue weighted by Crippen LogP contribution is -2.40. The summed E-state index contributed by atoms with van der Waals surface area (Å²) in [5, 5.41) is 0.460. The maximum Gasteiger partial charge on any atom is 0.254 e. The van der Waals surface area contributed by atoms with E-state index in [1.54, 1.807) is 4.90 Å². The topological polar surface area (TPSA) is 63.7 Å². The molecule has 0 aromatic heterocycles. The normalized spacial score (nSPS) is 17.9. The second-order valence-corrected chi connectivity index (χ2v) is 10.9. The number of halogens is 2. The number of methoxy groups -OCH3 is 1. The van der Waals surface area contributed by atoms with Gasteiger partial charge in [0.1, 0.15) is 0 Å². The zero-order chi connectivity index (χ0) is 22.1. The molecule has 5 nitrogen and oxygen atoms in total. The summed E-state index contributed by atoms with van der Waals surface area (Å²) in [4.78, 5) is 15.0. The van der Waals surface area contributed by atoms with E-state index in [1.165, 1.54) is 24.8 Å². The zero-order valence-electron chi connectivity index (χ0n) is 17.2. The van der Waals surface area contributed by atoms with Crippen LogP contribution in [-0.4, -0.2) is 43.9 Å². The highest BCUT2D eigenvalue weighted by molar-refractivity contribution is 7.91. The fourth-order valence-electron chi connectivity index (χ4n) is 3.64. The molecule has 2 aromatic rings. The monoisotopic (exact) mass is 469 g/mol. The van der Waals surface area contributed by atoms with Gasteiger partial charge in [-0.05, 0) is 35.6 Å². The number of carbonyl (C=O) groups excluding carboxylic acids is 1. The highest BCUT2D eigenvalue weighted by Gasteiger charge is 2.35. The van der Waals surface area contributed by atoms with Gasteiger partial charge in [0.2, 0.25) is 0 Å². The van der Waals surface area contributed by atoms with Crippen molar-refractivity contribution in [1.82, 2.24) is 4.90 Å². The van der Waals surface area contributed by atoms with Crippen molar-refractivity contribution in [3.05, 3.63) is 63.1 Å². The van der Waals surface area contributed by atoms with Crippen molar-refractivity contribution in [1.29, 1.82) is 0 Å². The molecule has 3 rings (SSSR count). The molecule has 1 aliphatic rings. The zero-order valence-corrected chi connectivity index (χ0v) is 19.5. The Morgan fingerprint density at radius 1 is 1.17 bits per heavy atom. The van der Waals surface area contributed by atoms with Crippen LogP contribution in [0.5, 0.6) is 5.75 Å². The SMILES string of the molecule is COc1c(Cl)cc(C(=O)N(Cc2ccc(C(C)C)cc2)C2CCS(=O)(=O)C2)cc1Cl.